The highest BCUT2D eigenvalue weighted by Gasteiger charge is 2.12. The van der Waals surface area contributed by atoms with Crippen LogP contribution in [-0.2, 0) is 20.6 Å². The van der Waals surface area contributed by atoms with Gasteiger partial charge in [-0.05, 0) is 13.8 Å². The molecule has 0 spiro atoms. The molecule has 0 saturated heterocycles. The van der Waals surface area contributed by atoms with E-state index in [0.29, 0.717) is 0 Å². The van der Waals surface area contributed by atoms with Crippen molar-refractivity contribution >= 4 is 0 Å². The van der Waals surface area contributed by atoms with Crippen molar-refractivity contribution in [1.82, 2.24) is 24.6 Å². The quantitative estimate of drug-likeness (QED) is 0.866. The summed E-state index contributed by atoms with van der Waals surface area (Å²) < 4.78 is 3.92. The topological polar surface area (TPSA) is 47.7 Å². The van der Waals surface area contributed by atoms with E-state index in [9.17, 15) is 0 Å². The van der Waals surface area contributed by atoms with Gasteiger partial charge in [0.05, 0.1) is 12.7 Å². The molecule has 17 heavy (non-hydrogen) atoms. The van der Waals surface area contributed by atoms with E-state index in [1.807, 2.05) is 41.9 Å². The molecule has 0 bridgehead atoms. The van der Waals surface area contributed by atoms with E-state index in [-0.39, 0.29) is 6.04 Å². The molecule has 0 aliphatic heterocycles. The Bertz CT molecular complexity index is 497. The summed E-state index contributed by atoms with van der Waals surface area (Å²) in [6.07, 6.45) is 5.69. The number of rotatable bonds is 4. The van der Waals surface area contributed by atoms with Crippen molar-refractivity contribution in [1.29, 1.82) is 0 Å². The van der Waals surface area contributed by atoms with Crippen LogP contribution in [0.4, 0.5) is 0 Å². The van der Waals surface area contributed by atoms with Gasteiger partial charge in [-0.2, -0.15) is 5.10 Å². The standard InChI is InChI=1S/C12H19N5/c1-9(11-7-15-17(4)10(11)2)14-8-12-13-5-6-16(12)3/h5-7,9,14H,8H2,1-4H3. The predicted octanol–water partition coefficient (Wildman–Crippen LogP) is 1.31. The van der Waals surface area contributed by atoms with E-state index >= 15 is 0 Å². The van der Waals surface area contributed by atoms with Gasteiger partial charge in [0.2, 0.25) is 0 Å². The molecule has 92 valence electrons. The van der Waals surface area contributed by atoms with Crippen LogP contribution in [0.1, 0.15) is 30.0 Å². The number of aryl methyl sites for hydroxylation is 2. The van der Waals surface area contributed by atoms with Crippen molar-refractivity contribution in [2.24, 2.45) is 14.1 Å². The molecule has 1 unspecified atom stereocenters. The number of nitrogens with zero attached hydrogens (tertiary/aromatic N) is 4. The summed E-state index contributed by atoms with van der Waals surface area (Å²) in [5.74, 6) is 1.04. The fourth-order valence-electron chi connectivity index (χ4n) is 1.86. The molecule has 0 radical (unpaired) electrons. The third-order valence-electron chi connectivity index (χ3n) is 3.23. The summed E-state index contributed by atoms with van der Waals surface area (Å²) in [6.45, 7) is 4.99. The van der Waals surface area contributed by atoms with Crippen LogP contribution >= 0.6 is 0 Å². The molecule has 0 saturated carbocycles. The second-order valence-electron chi connectivity index (χ2n) is 4.37. The monoisotopic (exact) mass is 233 g/mol. The van der Waals surface area contributed by atoms with Crippen molar-refractivity contribution in [3.05, 3.63) is 35.7 Å². The Balaban J connectivity index is 2.00. The highest BCUT2D eigenvalue weighted by atomic mass is 15.3. The van der Waals surface area contributed by atoms with Crippen molar-refractivity contribution in [3.63, 3.8) is 0 Å². The van der Waals surface area contributed by atoms with Gasteiger partial charge in [-0.3, -0.25) is 4.68 Å². The van der Waals surface area contributed by atoms with Crippen LogP contribution in [-0.4, -0.2) is 19.3 Å². The predicted molar refractivity (Wildman–Crippen MR) is 66.4 cm³/mol. The molecular weight excluding hydrogens is 214 g/mol. The van der Waals surface area contributed by atoms with Crippen LogP contribution in [0.3, 0.4) is 0 Å². The molecule has 1 atom stereocenters. The van der Waals surface area contributed by atoms with E-state index in [4.69, 9.17) is 0 Å². The fraction of sp³-hybridized carbons (Fsp3) is 0.500. The summed E-state index contributed by atoms with van der Waals surface area (Å²) >= 11 is 0. The van der Waals surface area contributed by atoms with Crippen LogP contribution in [0.25, 0.3) is 0 Å². The lowest BCUT2D eigenvalue weighted by molar-refractivity contribution is 0.546. The Morgan fingerprint density at radius 1 is 1.41 bits per heavy atom. The van der Waals surface area contributed by atoms with Gasteiger partial charge in [0.15, 0.2) is 0 Å². The average molecular weight is 233 g/mol. The number of hydrogen-bond donors (Lipinski definition) is 1. The van der Waals surface area contributed by atoms with Gasteiger partial charge in [-0.1, -0.05) is 0 Å². The van der Waals surface area contributed by atoms with Gasteiger partial charge in [0, 0.05) is 43.8 Å². The molecule has 2 aromatic rings. The lowest BCUT2D eigenvalue weighted by atomic mass is 10.1. The molecule has 0 fully saturated rings. The Kier molecular flexibility index (Phi) is 3.28. The van der Waals surface area contributed by atoms with Crippen LogP contribution in [0.15, 0.2) is 18.6 Å². The third kappa shape index (κ3) is 2.39. The Morgan fingerprint density at radius 3 is 2.71 bits per heavy atom. The van der Waals surface area contributed by atoms with Crippen molar-refractivity contribution in [3.8, 4) is 0 Å². The van der Waals surface area contributed by atoms with Gasteiger partial charge in [0.1, 0.15) is 5.82 Å². The lowest BCUT2D eigenvalue weighted by Gasteiger charge is -2.13. The minimum atomic E-state index is 0.278. The Morgan fingerprint density at radius 2 is 2.18 bits per heavy atom. The molecule has 5 heteroatoms. The molecule has 2 rings (SSSR count). The highest BCUT2D eigenvalue weighted by molar-refractivity contribution is 5.19. The molecule has 0 aromatic carbocycles. The van der Waals surface area contributed by atoms with Gasteiger partial charge < -0.3 is 9.88 Å². The number of hydrogen-bond acceptors (Lipinski definition) is 3. The summed E-state index contributed by atoms with van der Waals surface area (Å²) in [4.78, 5) is 4.29. The summed E-state index contributed by atoms with van der Waals surface area (Å²) in [5, 5.41) is 7.72. The molecule has 0 amide bonds. The average Bonchev–Trinajstić information content (AvgIpc) is 2.84. The van der Waals surface area contributed by atoms with E-state index in [1.54, 1.807) is 0 Å². The van der Waals surface area contributed by atoms with Gasteiger partial charge in [-0.25, -0.2) is 4.98 Å². The van der Waals surface area contributed by atoms with E-state index < -0.39 is 0 Å². The van der Waals surface area contributed by atoms with Gasteiger partial charge in [0.25, 0.3) is 0 Å². The Labute approximate surface area is 101 Å². The molecule has 0 aliphatic carbocycles. The number of aromatic nitrogens is 4. The normalized spacial score (nSPS) is 12.9. The summed E-state index contributed by atoms with van der Waals surface area (Å²) in [5.41, 5.74) is 2.44. The first kappa shape index (κ1) is 11.9. The zero-order valence-electron chi connectivity index (χ0n) is 10.8. The maximum atomic E-state index is 4.29. The highest BCUT2D eigenvalue weighted by Crippen LogP contribution is 2.16. The SMILES string of the molecule is Cc1c(C(C)NCc2nccn2C)cnn1C. The van der Waals surface area contributed by atoms with Crippen LogP contribution in [0.2, 0.25) is 0 Å². The maximum absolute atomic E-state index is 4.29. The van der Waals surface area contributed by atoms with Crippen molar-refractivity contribution < 1.29 is 0 Å². The number of nitrogens with one attached hydrogen (secondary N) is 1. The van der Waals surface area contributed by atoms with Gasteiger partial charge in [-0.15, -0.1) is 0 Å². The maximum Gasteiger partial charge on any atom is 0.122 e. The summed E-state index contributed by atoms with van der Waals surface area (Å²) in [7, 11) is 3.97. The first-order chi connectivity index (χ1) is 8.09. The van der Waals surface area contributed by atoms with E-state index in [1.165, 1.54) is 11.3 Å². The minimum Gasteiger partial charge on any atom is -0.337 e. The van der Waals surface area contributed by atoms with Crippen LogP contribution in [0, 0.1) is 6.92 Å². The summed E-state index contributed by atoms with van der Waals surface area (Å²) in [6, 6.07) is 0.278. The molecule has 0 aliphatic rings. The van der Waals surface area contributed by atoms with Crippen LogP contribution in [0.5, 0.6) is 0 Å². The molecule has 1 N–H and O–H groups in total. The fourth-order valence-corrected chi connectivity index (χ4v) is 1.86. The second kappa shape index (κ2) is 4.71. The lowest BCUT2D eigenvalue weighted by Crippen LogP contribution is -2.20. The van der Waals surface area contributed by atoms with E-state index in [2.05, 4.69) is 29.2 Å². The zero-order chi connectivity index (χ0) is 12.4. The second-order valence-corrected chi connectivity index (χ2v) is 4.37. The smallest absolute Gasteiger partial charge is 0.122 e. The first-order valence-corrected chi connectivity index (χ1v) is 5.77. The largest absolute Gasteiger partial charge is 0.337 e. The van der Waals surface area contributed by atoms with Crippen molar-refractivity contribution in [2.75, 3.05) is 0 Å². The zero-order valence-corrected chi connectivity index (χ0v) is 10.8. The van der Waals surface area contributed by atoms with Crippen molar-refractivity contribution in [2.45, 2.75) is 26.4 Å². The van der Waals surface area contributed by atoms with Crippen LogP contribution < -0.4 is 5.32 Å². The molecule has 2 aromatic heterocycles. The minimum absolute atomic E-state index is 0.278. The first-order valence-electron chi connectivity index (χ1n) is 5.77. The van der Waals surface area contributed by atoms with E-state index in [0.717, 1.165) is 12.4 Å². The van der Waals surface area contributed by atoms with Gasteiger partial charge >= 0.3 is 0 Å². The Hall–Kier alpha value is -1.62. The molecule has 2 heterocycles. The molecular formula is C12H19N5. The third-order valence-corrected chi connectivity index (χ3v) is 3.23. The number of imidazole rings is 1. The molecule has 5 nitrogen and oxygen atoms in total.